The van der Waals surface area contributed by atoms with E-state index in [1.54, 1.807) is 57.7 Å². The van der Waals surface area contributed by atoms with Gasteiger partial charge in [-0.3, -0.25) is 30.7 Å². The molecule has 0 aliphatic carbocycles. The Hall–Kier alpha value is -11.8. The molecule has 0 spiro atoms. The Balaban J connectivity index is 0.000000180. The van der Waals surface area contributed by atoms with Gasteiger partial charge in [0.05, 0.1) is 79.6 Å². The van der Waals surface area contributed by atoms with Crippen LogP contribution < -0.4 is 40.7 Å². The number of hydrogen-bond acceptors (Lipinski definition) is 32. The van der Waals surface area contributed by atoms with Crippen LogP contribution in [0.1, 0.15) is 47.2 Å². The molecule has 9 aromatic heterocycles. The summed E-state index contributed by atoms with van der Waals surface area (Å²) >= 11 is -2.25. The minimum atomic E-state index is -4.78. The molecule has 0 unspecified atom stereocenters. The van der Waals surface area contributed by atoms with Gasteiger partial charge in [-0.1, -0.05) is 18.2 Å². The molecule has 6 aliphatic rings. The number of carbonyl (C=O) groups excluding carboxylic acids is 3. The summed E-state index contributed by atoms with van der Waals surface area (Å²) in [6.07, 6.45) is -7.44. The third-order valence-electron chi connectivity index (χ3n) is 21.1. The molecule has 4 N–H and O–H groups in total. The molecule has 0 bridgehead atoms. The Morgan fingerprint density at radius 1 is 0.415 bits per heavy atom. The zero-order valence-electron chi connectivity index (χ0n) is 71.1. The number of piperazine rings is 3. The molecule has 130 heavy (non-hydrogen) atoms. The Labute approximate surface area is 748 Å². The largest absolute Gasteiger partial charge is 0.450 e. The highest BCUT2D eigenvalue weighted by molar-refractivity contribution is 7.52. The van der Waals surface area contributed by atoms with Crippen LogP contribution in [0.4, 0.5) is 88.8 Å². The number of morpholine rings is 3. The first-order chi connectivity index (χ1) is 62.4. The first-order valence-electron chi connectivity index (χ1n) is 40.8. The number of nitrogens with zero attached hydrogens (tertiary/aromatic N) is 21. The van der Waals surface area contributed by atoms with Crippen molar-refractivity contribution < 1.29 is 103 Å². The molecule has 700 valence electrons. The maximum atomic E-state index is 14.4. The Kier molecular flexibility index (Phi) is 35.5. The van der Waals surface area contributed by atoms with Crippen molar-refractivity contribution >= 4 is 104 Å². The molecule has 15 heterocycles. The van der Waals surface area contributed by atoms with Gasteiger partial charge in [-0.2, -0.15) is 64.8 Å². The molecule has 16 rings (SSSR count). The van der Waals surface area contributed by atoms with E-state index < -0.39 is 88.2 Å². The van der Waals surface area contributed by atoms with Crippen molar-refractivity contribution in [3.63, 3.8) is 0 Å². The smallest absolute Gasteiger partial charge is 0.418 e. The number of anilines is 6. The fourth-order valence-electron chi connectivity index (χ4n) is 14.7. The summed E-state index contributed by atoms with van der Waals surface area (Å²) in [7, 11) is 6.29. The van der Waals surface area contributed by atoms with Gasteiger partial charge in [0.15, 0.2) is 34.9 Å². The minimum Gasteiger partial charge on any atom is -0.450 e. The van der Waals surface area contributed by atoms with Crippen LogP contribution in [-0.2, 0) is 91.8 Å². The van der Waals surface area contributed by atoms with Gasteiger partial charge in [-0.15, -0.1) is 15.3 Å². The summed E-state index contributed by atoms with van der Waals surface area (Å²) in [4.78, 5) is 81.9. The molecular formula is C79H94F9N25O14S3. The van der Waals surface area contributed by atoms with Gasteiger partial charge in [0.25, 0.3) is 0 Å². The van der Waals surface area contributed by atoms with E-state index in [1.807, 2.05) is 51.5 Å². The third kappa shape index (κ3) is 27.4. The van der Waals surface area contributed by atoms with Crippen molar-refractivity contribution in [2.75, 3.05) is 222 Å². The molecule has 0 saturated carbocycles. The van der Waals surface area contributed by atoms with Crippen LogP contribution in [0.2, 0.25) is 0 Å². The van der Waals surface area contributed by atoms with E-state index in [-0.39, 0.29) is 64.0 Å². The maximum Gasteiger partial charge on any atom is 0.418 e. The van der Waals surface area contributed by atoms with Crippen LogP contribution in [0.15, 0.2) is 104 Å². The van der Waals surface area contributed by atoms with Crippen LogP contribution in [0.3, 0.4) is 0 Å². The number of likely N-dealkylation sites (N-methyl/N-ethyl adjacent to an activating group) is 3. The fraction of sp³-hybridized carbons (Fsp3) is 0.468. The number of rotatable bonds is 18. The molecule has 6 aliphatic heterocycles. The third-order valence-corrected chi connectivity index (χ3v) is 21.1. The van der Waals surface area contributed by atoms with Crippen molar-refractivity contribution in [1.82, 2.24) is 93.5 Å². The van der Waals surface area contributed by atoms with E-state index in [0.29, 0.717) is 134 Å². The summed E-state index contributed by atoms with van der Waals surface area (Å²) in [5, 5.41) is 22.8. The van der Waals surface area contributed by atoms with E-state index in [2.05, 4.69) is 117 Å². The standard InChI is InChI=1S/C29H31F3N8O3.C25H32F3N9O2.C25H31F3N8O3.3O2S/c1-37-7-9-38(10-8-37)18-20-15-24-27(39-11-13-42-14-12-39)35-26(36-40(24)19-20)22-17-33-25(16-23(22)29(30,31)32)34-28(41)43-21-5-3-2-4-6-21;1-3-29-24(38)31-21-13-19(25(26,27)28)18(14-30-21)22-32-23(36-8-10-39-11-9-36)20-12-17(16-37(20)33-22)15-35-6-4-34(2)5-7-35;1-3-39-24(37)30-21-13-19(25(26,27)28)18(14-29-21)22-31-23(35-8-10-38-11-9-35)20-12-17(16-36(20)32-22)15-34-6-4-33(2)5-7-34;3*1-3-2/h2-6,15-17,19H,7-14,18H2,1H3,(H,33,34,41);12-14,16H,3-11,15H2,1-2H3,(H2,29,30,31,38);12-14,16H,3-11,15H2,1-2H3,(H,29,30,37);;;. The number of hydrogen-bond donors (Lipinski definition) is 4. The second kappa shape index (κ2) is 46.6. The van der Waals surface area contributed by atoms with Gasteiger partial charge in [0.2, 0.25) is 0 Å². The second-order valence-corrected chi connectivity index (χ2v) is 30.5. The summed E-state index contributed by atoms with van der Waals surface area (Å²) in [5.74, 6) is 0.680. The van der Waals surface area contributed by atoms with Crippen LogP contribution in [0.5, 0.6) is 5.75 Å². The summed E-state index contributed by atoms with van der Waals surface area (Å²) in [6, 6.07) is 15.9. The average molecular weight is 1880 g/mol. The molecule has 10 aromatic rings. The molecule has 6 saturated heterocycles. The van der Waals surface area contributed by atoms with E-state index in [1.165, 1.54) is 0 Å². The molecule has 39 nitrogen and oxygen atoms in total. The lowest BCUT2D eigenvalue weighted by atomic mass is 10.1. The number of fused-ring (bicyclic) bond motifs is 3. The Bertz CT molecular complexity index is 5360. The lowest BCUT2D eigenvalue weighted by Gasteiger charge is -2.32. The van der Waals surface area contributed by atoms with E-state index >= 15 is 0 Å². The molecule has 51 heteroatoms. The number of halogens is 9. The highest BCUT2D eigenvalue weighted by Crippen LogP contribution is 2.42. The zero-order chi connectivity index (χ0) is 93.2. The SMILES string of the molecule is CCNC(=O)Nc1cc(C(F)(F)F)c(-c2nc(N3CCOCC3)c3cc(CN4CCN(C)CC4)cn3n2)cn1.CCOC(=O)Nc1cc(C(F)(F)F)c(-c2nc(N3CCOCC3)c3cc(CN4CCN(C)CC4)cn3n2)cn1.CN1CCN(Cc2cc3c(N4CCOCC4)nc(-c4cnc(NC(=O)Oc5ccccc5)cc4C(F)(F)F)nn3c2)CC1.O=S=O.O=S=O.O=S=O. The van der Waals surface area contributed by atoms with Crippen LogP contribution >= 0.6 is 0 Å². The number of aromatic nitrogens is 12. The summed E-state index contributed by atoms with van der Waals surface area (Å²) < 4.78 is 209. The lowest BCUT2D eigenvalue weighted by molar-refractivity contribution is -0.137. The number of benzene rings is 1. The number of para-hydroxylation sites is 1. The number of urea groups is 1. The van der Waals surface area contributed by atoms with Crippen molar-refractivity contribution in [2.45, 2.75) is 52.0 Å². The number of ether oxygens (including phenoxy) is 5. The van der Waals surface area contributed by atoms with Crippen molar-refractivity contribution in [3.8, 4) is 39.9 Å². The Morgan fingerprint density at radius 3 is 1.01 bits per heavy atom. The fourth-order valence-corrected chi connectivity index (χ4v) is 14.7. The van der Waals surface area contributed by atoms with E-state index in [4.69, 9.17) is 48.9 Å². The molecule has 6 fully saturated rings. The predicted molar refractivity (Wildman–Crippen MR) is 457 cm³/mol. The summed E-state index contributed by atoms with van der Waals surface area (Å²) in [6.45, 7) is 23.5. The Morgan fingerprint density at radius 2 is 0.715 bits per heavy atom. The molecular weight excluding hydrogens is 1790 g/mol. The number of pyridine rings is 3. The lowest BCUT2D eigenvalue weighted by Crippen LogP contribution is -2.43. The van der Waals surface area contributed by atoms with Crippen LogP contribution in [0, 0.1) is 0 Å². The highest BCUT2D eigenvalue weighted by Gasteiger charge is 2.40. The quantitative estimate of drug-likeness (QED) is 0.0604. The number of nitrogens with one attached hydrogen (secondary N) is 4. The van der Waals surface area contributed by atoms with Crippen molar-refractivity contribution in [1.29, 1.82) is 0 Å². The maximum absolute atomic E-state index is 14.4. The normalized spacial score (nSPS) is 16.4. The molecule has 0 radical (unpaired) electrons. The van der Waals surface area contributed by atoms with E-state index in [0.717, 1.165) is 138 Å². The first-order valence-corrected chi connectivity index (χ1v) is 42.8. The van der Waals surface area contributed by atoms with Gasteiger partial charge in [-0.25, -0.2) is 57.8 Å². The number of amides is 4. The molecule has 4 amide bonds. The molecule has 1 aromatic carbocycles. The van der Waals surface area contributed by atoms with Crippen molar-refractivity contribution in [2.24, 2.45) is 0 Å². The number of carbonyl (C=O) groups is 3. The average Bonchev–Trinajstić information content (AvgIpc) is 1.52. The minimum absolute atomic E-state index is 0.0713. The predicted octanol–water partition coefficient (Wildman–Crippen LogP) is 7.49. The highest BCUT2D eigenvalue weighted by atomic mass is 32.1. The topological polar surface area (TPSA) is 406 Å². The monoisotopic (exact) mass is 1880 g/mol. The van der Waals surface area contributed by atoms with Gasteiger partial charge < -0.3 is 58.4 Å². The summed E-state index contributed by atoms with van der Waals surface area (Å²) in [5.41, 5.74) is 1.26. The second-order valence-electron chi connectivity index (χ2n) is 30.0. The van der Waals surface area contributed by atoms with Gasteiger partial charge >= 0.3 is 71.5 Å². The van der Waals surface area contributed by atoms with Gasteiger partial charge in [0, 0.05) is 181 Å². The van der Waals surface area contributed by atoms with Gasteiger partial charge in [0.1, 0.15) is 39.8 Å². The van der Waals surface area contributed by atoms with E-state index in [9.17, 15) is 53.9 Å². The van der Waals surface area contributed by atoms with Crippen molar-refractivity contribution in [3.05, 3.63) is 137 Å². The van der Waals surface area contributed by atoms with Crippen LogP contribution in [0.25, 0.3) is 50.7 Å². The zero-order valence-corrected chi connectivity index (χ0v) is 73.5. The van der Waals surface area contributed by atoms with Gasteiger partial charge in [-0.05, 0) is 100 Å². The molecule has 0 atom stereocenters. The first kappa shape index (κ1) is 98.8. The number of alkyl halides is 9. The van der Waals surface area contributed by atoms with Crippen LogP contribution in [-0.4, -0.2) is 323 Å².